The maximum absolute atomic E-state index is 12.4. The Morgan fingerprint density at radius 3 is 2.46 bits per heavy atom. The molecule has 2 aromatic carbocycles. The van der Waals surface area contributed by atoms with Crippen molar-refractivity contribution >= 4 is 17.3 Å². The number of nitrogens with zero attached hydrogens (tertiary/aromatic N) is 1. The van der Waals surface area contributed by atoms with E-state index in [0.717, 1.165) is 49.0 Å². The van der Waals surface area contributed by atoms with E-state index in [9.17, 15) is 4.79 Å². The first-order chi connectivity index (χ1) is 12.5. The van der Waals surface area contributed by atoms with Gasteiger partial charge in [-0.05, 0) is 56.7 Å². The molecule has 5 heteroatoms. The Hall–Kier alpha value is -2.53. The van der Waals surface area contributed by atoms with E-state index in [1.165, 1.54) is 5.56 Å². The number of carbonyl (C=O) groups is 1. The predicted octanol–water partition coefficient (Wildman–Crippen LogP) is 3.55. The van der Waals surface area contributed by atoms with E-state index in [-0.39, 0.29) is 5.91 Å². The Morgan fingerprint density at radius 2 is 1.81 bits per heavy atom. The molecule has 1 aliphatic heterocycles. The van der Waals surface area contributed by atoms with Crippen LogP contribution in [0.5, 0.6) is 5.75 Å². The van der Waals surface area contributed by atoms with Gasteiger partial charge in [-0.2, -0.15) is 0 Å². The maximum atomic E-state index is 12.4. The highest BCUT2D eigenvalue weighted by molar-refractivity contribution is 5.94. The minimum Gasteiger partial charge on any atom is -0.481 e. The van der Waals surface area contributed by atoms with Crippen LogP contribution in [-0.4, -0.2) is 38.3 Å². The van der Waals surface area contributed by atoms with Gasteiger partial charge in [0.15, 0.2) is 6.10 Å². The Labute approximate surface area is 154 Å². The number of nitrogens with one attached hydrogen (secondary N) is 1. The summed E-state index contributed by atoms with van der Waals surface area (Å²) in [6.07, 6.45) is -0.574. The van der Waals surface area contributed by atoms with Gasteiger partial charge in [-0.3, -0.25) is 4.79 Å². The van der Waals surface area contributed by atoms with Crippen LogP contribution in [0, 0.1) is 13.8 Å². The molecule has 1 aliphatic rings. The molecule has 5 nitrogen and oxygen atoms in total. The quantitative estimate of drug-likeness (QED) is 0.892. The number of morpholine rings is 1. The molecule has 1 saturated heterocycles. The monoisotopic (exact) mass is 354 g/mol. The minimum atomic E-state index is -0.574. The fraction of sp³-hybridized carbons (Fsp3) is 0.381. The van der Waals surface area contributed by atoms with Crippen molar-refractivity contribution in [3.05, 3.63) is 53.6 Å². The average Bonchev–Trinajstić information content (AvgIpc) is 2.65. The summed E-state index contributed by atoms with van der Waals surface area (Å²) >= 11 is 0. The highest BCUT2D eigenvalue weighted by Crippen LogP contribution is 2.22. The van der Waals surface area contributed by atoms with Crippen LogP contribution >= 0.6 is 0 Å². The number of hydrogen-bond acceptors (Lipinski definition) is 4. The lowest BCUT2D eigenvalue weighted by atomic mass is 10.1. The van der Waals surface area contributed by atoms with Crippen LogP contribution in [0.1, 0.15) is 18.1 Å². The van der Waals surface area contributed by atoms with E-state index in [1.807, 2.05) is 56.3 Å². The molecule has 1 amide bonds. The zero-order valence-corrected chi connectivity index (χ0v) is 15.6. The van der Waals surface area contributed by atoms with Gasteiger partial charge >= 0.3 is 0 Å². The van der Waals surface area contributed by atoms with Crippen molar-refractivity contribution in [2.24, 2.45) is 0 Å². The van der Waals surface area contributed by atoms with Gasteiger partial charge in [0.2, 0.25) is 0 Å². The molecule has 2 aromatic rings. The standard InChI is InChI=1S/C21H26N2O3/c1-15-4-9-20(16(2)14-15)26-17(3)21(24)22-18-5-7-19(8-6-18)23-10-12-25-13-11-23/h4-9,14,17H,10-13H2,1-3H3,(H,22,24)/t17-/m0/s1. The van der Waals surface area contributed by atoms with Crippen molar-refractivity contribution < 1.29 is 14.3 Å². The molecule has 0 spiro atoms. The van der Waals surface area contributed by atoms with Crippen molar-refractivity contribution in [3.8, 4) is 5.75 Å². The third-order valence-electron chi connectivity index (χ3n) is 4.51. The van der Waals surface area contributed by atoms with Gasteiger partial charge in [-0.15, -0.1) is 0 Å². The van der Waals surface area contributed by atoms with Gasteiger partial charge in [0.1, 0.15) is 5.75 Å². The molecule has 1 atom stereocenters. The van der Waals surface area contributed by atoms with Gasteiger partial charge in [-0.25, -0.2) is 0 Å². The molecule has 0 saturated carbocycles. The number of rotatable bonds is 5. The van der Waals surface area contributed by atoms with Crippen molar-refractivity contribution in [1.29, 1.82) is 0 Å². The SMILES string of the molecule is Cc1ccc(O[C@@H](C)C(=O)Nc2ccc(N3CCOCC3)cc2)c(C)c1. The number of amides is 1. The van der Waals surface area contributed by atoms with E-state index in [2.05, 4.69) is 10.2 Å². The van der Waals surface area contributed by atoms with E-state index in [0.29, 0.717) is 0 Å². The van der Waals surface area contributed by atoms with Crippen LogP contribution in [-0.2, 0) is 9.53 Å². The zero-order chi connectivity index (χ0) is 18.5. The van der Waals surface area contributed by atoms with Crippen LogP contribution in [0.3, 0.4) is 0 Å². The highest BCUT2D eigenvalue weighted by Gasteiger charge is 2.16. The molecule has 1 fully saturated rings. The zero-order valence-electron chi connectivity index (χ0n) is 15.6. The lowest BCUT2D eigenvalue weighted by Gasteiger charge is -2.29. The Morgan fingerprint density at radius 1 is 1.12 bits per heavy atom. The highest BCUT2D eigenvalue weighted by atomic mass is 16.5. The smallest absolute Gasteiger partial charge is 0.265 e. The number of anilines is 2. The molecule has 0 radical (unpaired) electrons. The summed E-state index contributed by atoms with van der Waals surface area (Å²) in [6, 6.07) is 13.8. The van der Waals surface area contributed by atoms with Gasteiger partial charge in [0.25, 0.3) is 5.91 Å². The number of benzene rings is 2. The third kappa shape index (κ3) is 4.55. The molecule has 26 heavy (non-hydrogen) atoms. The van der Waals surface area contributed by atoms with Gasteiger partial charge < -0.3 is 19.7 Å². The van der Waals surface area contributed by atoms with Crippen LogP contribution in [0.2, 0.25) is 0 Å². The second-order valence-electron chi connectivity index (χ2n) is 6.66. The first-order valence-corrected chi connectivity index (χ1v) is 9.00. The van der Waals surface area contributed by atoms with E-state index >= 15 is 0 Å². The minimum absolute atomic E-state index is 0.163. The van der Waals surface area contributed by atoms with Crippen LogP contribution in [0.4, 0.5) is 11.4 Å². The maximum Gasteiger partial charge on any atom is 0.265 e. The second-order valence-corrected chi connectivity index (χ2v) is 6.66. The molecule has 1 heterocycles. The van der Waals surface area contributed by atoms with Crippen LogP contribution in [0.15, 0.2) is 42.5 Å². The fourth-order valence-electron chi connectivity index (χ4n) is 3.00. The van der Waals surface area contributed by atoms with E-state index in [1.54, 1.807) is 6.92 Å². The largest absolute Gasteiger partial charge is 0.481 e. The van der Waals surface area contributed by atoms with Crippen LogP contribution < -0.4 is 15.0 Å². The summed E-state index contributed by atoms with van der Waals surface area (Å²) < 4.78 is 11.2. The van der Waals surface area contributed by atoms with Crippen molar-refractivity contribution in [3.63, 3.8) is 0 Å². The number of hydrogen-bond donors (Lipinski definition) is 1. The average molecular weight is 354 g/mol. The summed E-state index contributed by atoms with van der Waals surface area (Å²) in [5.41, 5.74) is 4.11. The molecule has 1 N–H and O–H groups in total. The summed E-state index contributed by atoms with van der Waals surface area (Å²) in [6.45, 7) is 9.08. The number of aryl methyl sites for hydroxylation is 2. The summed E-state index contributed by atoms with van der Waals surface area (Å²) in [5, 5.41) is 2.92. The first kappa shape index (κ1) is 18.3. The molecular formula is C21H26N2O3. The Balaban J connectivity index is 1.58. The Bertz CT molecular complexity index is 752. The van der Waals surface area contributed by atoms with Crippen molar-refractivity contribution in [1.82, 2.24) is 0 Å². The Kier molecular flexibility index (Phi) is 5.78. The first-order valence-electron chi connectivity index (χ1n) is 9.00. The topological polar surface area (TPSA) is 50.8 Å². The van der Waals surface area contributed by atoms with Crippen LogP contribution in [0.25, 0.3) is 0 Å². The lowest BCUT2D eigenvalue weighted by Crippen LogP contribution is -2.36. The van der Waals surface area contributed by atoms with E-state index in [4.69, 9.17) is 9.47 Å². The number of ether oxygens (including phenoxy) is 2. The molecule has 0 unspecified atom stereocenters. The lowest BCUT2D eigenvalue weighted by molar-refractivity contribution is -0.122. The number of carbonyl (C=O) groups excluding carboxylic acids is 1. The summed E-state index contributed by atoms with van der Waals surface area (Å²) in [7, 11) is 0. The predicted molar refractivity (Wildman–Crippen MR) is 104 cm³/mol. The molecular weight excluding hydrogens is 328 g/mol. The van der Waals surface area contributed by atoms with Gasteiger partial charge in [0, 0.05) is 24.5 Å². The van der Waals surface area contributed by atoms with Crippen molar-refractivity contribution in [2.45, 2.75) is 26.9 Å². The summed E-state index contributed by atoms with van der Waals surface area (Å²) in [4.78, 5) is 14.7. The molecule has 0 bridgehead atoms. The molecule has 0 aromatic heterocycles. The van der Waals surface area contributed by atoms with Gasteiger partial charge in [0.05, 0.1) is 13.2 Å². The second kappa shape index (κ2) is 8.23. The van der Waals surface area contributed by atoms with Crippen molar-refractivity contribution in [2.75, 3.05) is 36.5 Å². The fourth-order valence-corrected chi connectivity index (χ4v) is 3.00. The molecule has 138 valence electrons. The molecule has 0 aliphatic carbocycles. The normalized spacial score (nSPS) is 15.4. The summed E-state index contributed by atoms with van der Waals surface area (Å²) in [5.74, 6) is 0.574. The third-order valence-corrected chi connectivity index (χ3v) is 4.51. The molecule has 3 rings (SSSR count). The van der Waals surface area contributed by atoms with Gasteiger partial charge in [-0.1, -0.05) is 17.7 Å². The van der Waals surface area contributed by atoms with E-state index < -0.39 is 6.10 Å².